The summed E-state index contributed by atoms with van der Waals surface area (Å²) in [6.45, 7) is 7.70. The van der Waals surface area contributed by atoms with Crippen molar-refractivity contribution in [1.29, 1.82) is 0 Å². The first-order valence-electron chi connectivity index (χ1n) is 12.0. The molecule has 0 atom stereocenters. The lowest BCUT2D eigenvalue weighted by Crippen LogP contribution is -2.43. The normalized spacial score (nSPS) is 17.2. The number of halogens is 1. The summed E-state index contributed by atoms with van der Waals surface area (Å²) in [5.41, 5.74) is 2.68. The van der Waals surface area contributed by atoms with Crippen LogP contribution in [0.15, 0.2) is 18.3 Å². The quantitative estimate of drug-likeness (QED) is 0.496. The molecule has 1 aromatic heterocycles. The summed E-state index contributed by atoms with van der Waals surface area (Å²) in [6.07, 6.45) is 4.59. The van der Waals surface area contributed by atoms with E-state index in [9.17, 15) is 13.5 Å². The number of hydrogen-bond donors (Lipinski definition) is 2. The van der Waals surface area contributed by atoms with Gasteiger partial charge in [-0.15, -0.1) is 0 Å². The van der Waals surface area contributed by atoms with Gasteiger partial charge in [0.25, 0.3) is 0 Å². The second kappa shape index (κ2) is 10.7. The molecule has 9 nitrogen and oxygen atoms in total. The first-order chi connectivity index (χ1) is 17.0. The van der Waals surface area contributed by atoms with E-state index in [0.29, 0.717) is 47.6 Å². The molecular formula is C25H34ClN3O6S. The number of methoxy groups -OCH3 is 1. The Morgan fingerprint density at radius 2 is 1.94 bits per heavy atom. The molecule has 1 fully saturated rings. The molecule has 4 rings (SSSR count). The molecule has 0 unspecified atom stereocenters. The van der Waals surface area contributed by atoms with Crippen LogP contribution in [0, 0.1) is 5.92 Å². The van der Waals surface area contributed by atoms with Crippen molar-refractivity contribution in [3.05, 3.63) is 34.5 Å². The van der Waals surface area contributed by atoms with Gasteiger partial charge in [0.05, 0.1) is 37.2 Å². The summed E-state index contributed by atoms with van der Waals surface area (Å²) < 4.78 is 43.2. The number of piperidine rings is 1. The van der Waals surface area contributed by atoms with Gasteiger partial charge in [-0.25, -0.2) is 13.4 Å². The van der Waals surface area contributed by atoms with E-state index in [1.807, 2.05) is 19.9 Å². The van der Waals surface area contributed by atoms with Gasteiger partial charge in [-0.05, 0) is 57.8 Å². The number of benzene rings is 1. The van der Waals surface area contributed by atoms with Gasteiger partial charge in [-0.3, -0.25) is 9.62 Å². The fraction of sp³-hybridized carbons (Fsp3) is 0.560. The minimum absolute atomic E-state index is 0.162. The van der Waals surface area contributed by atoms with E-state index < -0.39 is 15.6 Å². The van der Waals surface area contributed by atoms with Gasteiger partial charge in [0.2, 0.25) is 15.9 Å². The molecule has 2 aromatic rings. The molecule has 0 saturated carbocycles. The Kier molecular flexibility index (Phi) is 8.01. The first-order valence-corrected chi connectivity index (χ1v) is 14.2. The third-order valence-electron chi connectivity index (χ3n) is 6.83. The number of likely N-dealkylation sites (tertiary alicyclic amines) is 1. The molecule has 0 spiro atoms. The van der Waals surface area contributed by atoms with E-state index in [0.717, 1.165) is 49.9 Å². The SMILES string of the molecule is COc1ncc(-c2cc(OCCN3CCC(C(C)(C)O)CC3)c3c(c2Cl)COC3)cc1NS(C)(=O)=O. The number of sulfonamides is 1. The summed E-state index contributed by atoms with van der Waals surface area (Å²) in [4.78, 5) is 6.62. The van der Waals surface area contributed by atoms with Crippen molar-refractivity contribution in [2.24, 2.45) is 5.92 Å². The van der Waals surface area contributed by atoms with E-state index in [1.54, 1.807) is 12.3 Å². The maximum Gasteiger partial charge on any atom is 0.238 e. The number of ether oxygens (including phenoxy) is 3. The molecule has 11 heteroatoms. The van der Waals surface area contributed by atoms with Crippen molar-refractivity contribution in [1.82, 2.24) is 9.88 Å². The maximum absolute atomic E-state index is 11.8. The van der Waals surface area contributed by atoms with Crippen LogP contribution in [0.3, 0.4) is 0 Å². The molecule has 0 bridgehead atoms. The molecule has 0 amide bonds. The highest BCUT2D eigenvalue weighted by Gasteiger charge is 2.30. The fourth-order valence-electron chi connectivity index (χ4n) is 4.81. The molecule has 2 N–H and O–H groups in total. The lowest BCUT2D eigenvalue weighted by atomic mass is 9.83. The van der Waals surface area contributed by atoms with E-state index >= 15 is 0 Å². The number of aromatic nitrogens is 1. The van der Waals surface area contributed by atoms with Gasteiger partial charge < -0.3 is 19.3 Å². The Labute approximate surface area is 217 Å². The zero-order valence-corrected chi connectivity index (χ0v) is 22.7. The molecule has 0 radical (unpaired) electrons. The smallest absolute Gasteiger partial charge is 0.238 e. The van der Waals surface area contributed by atoms with Gasteiger partial charge >= 0.3 is 0 Å². The Morgan fingerprint density at radius 1 is 1.25 bits per heavy atom. The van der Waals surface area contributed by atoms with Crippen molar-refractivity contribution >= 4 is 27.3 Å². The van der Waals surface area contributed by atoms with Crippen molar-refractivity contribution in [3.8, 4) is 22.8 Å². The average Bonchev–Trinajstić information content (AvgIpc) is 3.30. The second-order valence-electron chi connectivity index (χ2n) is 9.96. The van der Waals surface area contributed by atoms with Gasteiger partial charge in [-0.2, -0.15) is 0 Å². The summed E-state index contributed by atoms with van der Waals surface area (Å²) >= 11 is 6.76. The van der Waals surface area contributed by atoms with E-state index in [-0.39, 0.29) is 11.6 Å². The van der Waals surface area contributed by atoms with Crippen molar-refractivity contribution in [3.63, 3.8) is 0 Å². The zero-order valence-electron chi connectivity index (χ0n) is 21.1. The zero-order chi connectivity index (χ0) is 26.1. The summed E-state index contributed by atoms with van der Waals surface area (Å²) in [7, 11) is -2.11. The molecular weight excluding hydrogens is 506 g/mol. The highest BCUT2D eigenvalue weighted by molar-refractivity contribution is 7.92. The predicted molar refractivity (Wildman–Crippen MR) is 139 cm³/mol. The lowest BCUT2D eigenvalue weighted by Gasteiger charge is -2.37. The maximum atomic E-state index is 11.8. The first kappa shape index (κ1) is 26.9. The van der Waals surface area contributed by atoms with Crippen LogP contribution in [0.5, 0.6) is 11.6 Å². The topological polar surface area (TPSA) is 110 Å². The van der Waals surface area contributed by atoms with Crippen molar-refractivity contribution in [2.45, 2.75) is 45.5 Å². The van der Waals surface area contributed by atoms with Crippen LogP contribution in [0.4, 0.5) is 5.69 Å². The third kappa shape index (κ3) is 6.23. The minimum Gasteiger partial charge on any atom is -0.492 e. The second-order valence-corrected chi connectivity index (χ2v) is 12.1. The number of pyridine rings is 1. The van der Waals surface area contributed by atoms with E-state index in [2.05, 4.69) is 14.6 Å². The number of rotatable bonds is 9. The number of nitrogens with one attached hydrogen (secondary N) is 1. The highest BCUT2D eigenvalue weighted by Crippen LogP contribution is 2.42. The molecule has 198 valence electrons. The molecule has 2 aliphatic rings. The fourth-order valence-corrected chi connectivity index (χ4v) is 5.69. The predicted octanol–water partition coefficient (Wildman–Crippen LogP) is 3.67. The number of hydrogen-bond acceptors (Lipinski definition) is 8. The molecule has 1 saturated heterocycles. The molecule has 1 aromatic carbocycles. The standard InChI is InChI=1S/C25H34ClN3O6S/c1-25(2,30)17-5-7-29(8-6-17)9-10-35-22-12-18(23(26)20-15-34-14-19(20)22)16-11-21(28-36(4,31)32)24(33-3)27-13-16/h11-13,17,28,30H,5-10,14-15H2,1-4H3. The minimum atomic E-state index is -3.54. The Balaban J connectivity index is 1.53. The van der Waals surface area contributed by atoms with Crippen LogP contribution in [0.2, 0.25) is 5.02 Å². The van der Waals surface area contributed by atoms with Gasteiger partial charge in [0.1, 0.15) is 18.0 Å². The van der Waals surface area contributed by atoms with Crippen LogP contribution < -0.4 is 14.2 Å². The van der Waals surface area contributed by atoms with Gasteiger partial charge in [-0.1, -0.05) is 11.6 Å². The van der Waals surface area contributed by atoms with Crippen LogP contribution in [-0.4, -0.2) is 68.6 Å². The van der Waals surface area contributed by atoms with Crippen molar-refractivity contribution in [2.75, 3.05) is 44.3 Å². The molecule has 0 aliphatic carbocycles. The summed E-state index contributed by atoms with van der Waals surface area (Å²) in [5, 5.41) is 10.8. The third-order valence-corrected chi connectivity index (χ3v) is 7.86. The summed E-state index contributed by atoms with van der Waals surface area (Å²) in [6, 6.07) is 3.51. The van der Waals surface area contributed by atoms with Crippen LogP contribution in [-0.2, 0) is 28.0 Å². The van der Waals surface area contributed by atoms with E-state index in [4.69, 9.17) is 25.8 Å². The highest BCUT2D eigenvalue weighted by atomic mass is 35.5. The molecule has 36 heavy (non-hydrogen) atoms. The number of aliphatic hydroxyl groups is 1. The monoisotopic (exact) mass is 539 g/mol. The lowest BCUT2D eigenvalue weighted by molar-refractivity contribution is -0.0137. The van der Waals surface area contributed by atoms with Gasteiger partial charge in [0, 0.05) is 35.0 Å². The molecule has 3 heterocycles. The van der Waals surface area contributed by atoms with Crippen LogP contribution in [0.25, 0.3) is 11.1 Å². The Hall–Kier alpha value is -2.11. The van der Waals surface area contributed by atoms with Crippen LogP contribution in [0.1, 0.15) is 37.8 Å². The number of anilines is 1. The average molecular weight is 540 g/mol. The van der Waals surface area contributed by atoms with Crippen LogP contribution >= 0.6 is 11.6 Å². The van der Waals surface area contributed by atoms with Crippen molar-refractivity contribution < 1.29 is 27.7 Å². The van der Waals surface area contributed by atoms with Gasteiger partial charge in [0.15, 0.2) is 0 Å². The Morgan fingerprint density at radius 3 is 2.58 bits per heavy atom. The van der Waals surface area contributed by atoms with E-state index in [1.165, 1.54) is 7.11 Å². The largest absolute Gasteiger partial charge is 0.492 e. The molecule has 2 aliphatic heterocycles. The Bertz CT molecular complexity index is 1210. The number of nitrogens with zero attached hydrogens (tertiary/aromatic N) is 2. The summed E-state index contributed by atoms with van der Waals surface area (Å²) in [5.74, 6) is 1.17. The number of fused-ring (bicyclic) bond motifs is 1.